The molecule has 1 amide bonds. The van der Waals surface area contributed by atoms with Crippen molar-refractivity contribution >= 4 is 18.3 Å². The van der Waals surface area contributed by atoms with Crippen LogP contribution in [-0.2, 0) is 4.79 Å². The molecule has 1 atom stereocenters. The molecule has 1 unspecified atom stereocenters. The molecule has 26 heavy (non-hydrogen) atoms. The molecular weight excluding hydrogens is 348 g/mol. The van der Waals surface area contributed by atoms with E-state index < -0.39 is 0 Å². The van der Waals surface area contributed by atoms with Crippen LogP contribution in [0.3, 0.4) is 0 Å². The highest BCUT2D eigenvalue weighted by Gasteiger charge is 2.19. The second-order valence-corrected chi connectivity index (χ2v) is 6.10. The van der Waals surface area contributed by atoms with Crippen LogP contribution in [0.1, 0.15) is 38.3 Å². The normalized spacial score (nSPS) is 11.4. The molecule has 2 rings (SSSR count). The van der Waals surface area contributed by atoms with E-state index in [2.05, 4.69) is 37.3 Å². The second kappa shape index (κ2) is 10.8. The maximum absolute atomic E-state index is 12.4. The topological polar surface area (TPSA) is 55.6 Å². The standard InChI is InChI=1S/C21H28N2O2.ClH/c1-4-23(21(24)9-6-14-22)16(2)17-10-12-18(13-11-17)19-7-5-8-20(15-19)25-3;/h5,7-8,10-13,15-16H,4,6,9,14,22H2,1-3H3;1H. The summed E-state index contributed by atoms with van der Waals surface area (Å²) in [5.74, 6) is 1.01. The molecule has 0 aliphatic heterocycles. The number of nitrogens with zero attached hydrogens (tertiary/aromatic N) is 1. The molecule has 0 aliphatic rings. The highest BCUT2D eigenvalue weighted by Crippen LogP contribution is 2.27. The number of amides is 1. The van der Waals surface area contributed by atoms with Crippen LogP contribution in [0.25, 0.3) is 11.1 Å². The maximum atomic E-state index is 12.4. The molecule has 2 aromatic carbocycles. The molecule has 0 radical (unpaired) electrons. The monoisotopic (exact) mass is 376 g/mol. The van der Waals surface area contributed by atoms with Crippen molar-refractivity contribution in [1.82, 2.24) is 4.90 Å². The Morgan fingerprint density at radius 1 is 1.15 bits per heavy atom. The summed E-state index contributed by atoms with van der Waals surface area (Å²) in [4.78, 5) is 14.3. The number of rotatable bonds is 8. The Morgan fingerprint density at radius 2 is 1.85 bits per heavy atom. The van der Waals surface area contributed by atoms with Crippen LogP contribution in [-0.4, -0.2) is 31.0 Å². The fourth-order valence-corrected chi connectivity index (χ4v) is 3.00. The molecule has 0 bridgehead atoms. The molecule has 0 saturated carbocycles. The third kappa shape index (κ3) is 5.48. The predicted octanol–water partition coefficient (Wildman–Crippen LogP) is 4.43. The van der Waals surface area contributed by atoms with Crippen LogP contribution in [0, 0.1) is 0 Å². The lowest BCUT2D eigenvalue weighted by molar-refractivity contribution is -0.133. The number of nitrogens with two attached hydrogens (primary N) is 1. The average Bonchev–Trinajstić information content (AvgIpc) is 2.67. The molecule has 0 heterocycles. The van der Waals surface area contributed by atoms with E-state index >= 15 is 0 Å². The highest BCUT2D eigenvalue weighted by atomic mass is 35.5. The number of carbonyl (C=O) groups is 1. The maximum Gasteiger partial charge on any atom is 0.223 e. The minimum Gasteiger partial charge on any atom is -0.497 e. The van der Waals surface area contributed by atoms with Crippen LogP contribution in [0.5, 0.6) is 5.75 Å². The predicted molar refractivity (Wildman–Crippen MR) is 110 cm³/mol. The number of carbonyl (C=O) groups excluding carboxylic acids is 1. The van der Waals surface area contributed by atoms with Gasteiger partial charge in [0.25, 0.3) is 0 Å². The van der Waals surface area contributed by atoms with Crippen molar-refractivity contribution in [3.8, 4) is 16.9 Å². The van der Waals surface area contributed by atoms with Crippen LogP contribution < -0.4 is 10.5 Å². The largest absolute Gasteiger partial charge is 0.497 e. The van der Waals surface area contributed by atoms with Gasteiger partial charge < -0.3 is 15.4 Å². The lowest BCUT2D eigenvalue weighted by Gasteiger charge is -2.28. The lowest BCUT2D eigenvalue weighted by atomic mass is 10.00. The molecule has 5 heteroatoms. The van der Waals surface area contributed by atoms with Crippen molar-refractivity contribution in [1.29, 1.82) is 0 Å². The van der Waals surface area contributed by atoms with E-state index in [0.29, 0.717) is 19.5 Å². The Kier molecular flexibility index (Phi) is 9.17. The van der Waals surface area contributed by atoms with Gasteiger partial charge in [0, 0.05) is 13.0 Å². The summed E-state index contributed by atoms with van der Waals surface area (Å²) in [7, 11) is 1.67. The molecule has 4 nitrogen and oxygen atoms in total. The fourth-order valence-electron chi connectivity index (χ4n) is 3.00. The zero-order valence-corrected chi connectivity index (χ0v) is 16.6. The summed E-state index contributed by atoms with van der Waals surface area (Å²) in [6.45, 7) is 5.33. The van der Waals surface area contributed by atoms with Gasteiger partial charge in [-0.25, -0.2) is 0 Å². The van der Waals surface area contributed by atoms with Gasteiger partial charge in [-0.15, -0.1) is 12.4 Å². The molecule has 0 aliphatic carbocycles. The Morgan fingerprint density at radius 3 is 2.42 bits per heavy atom. The summed E-state index contributed by atoms with van der Waals surface area (Å²) in [6.07, 6.45) is 1.24. The first-order valence-electron chi connectivity index (χ1n) is 8.84. The Hall–Kier alpha value is -2.04. The van der Waals surface area contributed by atoms with Crippen molar-refractivity contribution in [2.75, 3.05) is 20.2 Å². The number of benzene rings is 2. The minimum atomic E-state index is 0. The van der Waals surface area contributed by atoms with Crippen molar-refractivity contribution < 1.29 is 9.53 Å². The molecule has 0 saturated heterocycles. The summed E-state index contributed by atoms with van der Waals surface area (Å²) >= 11 is 0. The molecule has 0 spiro atoms. The molecule has 2 aromatic rings. The van der Waals surface area contributed by atoms with Gasteiger partial charge in [0.15, 0.2) is 0 Å². The van der Waals surface area contributed by atoms with E-state index in [1.807, 2.05) is 30.0 Å². The van der Waals surface area contributed by atoms with E-state index in [1.54, 1.807) is 7.11 Å². The summed E-state index contributed by atoms with van der Waals surface area (Å²) in [5.41, 5.74) is 8.90. The van der Waals surface area contributed by atoms with Gasteiger partial charge in [-0.05, 0) is 55.6 Å². The minimum absolute atomic E-state index is 0. The van der Waals surface area contributed by atoms with Gasteiger partial charge in [-0.2, -0.15) is 0 Å². The number of halogens is 1. The van der Waals surface area contributed by atoms with Crippen molar-refractivity contribution in [3.05, 3.63) is 54.1 Å². The van der Waals surface area contributed by atoms with E-state index in [1.165, 1.54) is 0 Å². The van der Waals surface area contributed by atoms with Crippen LogP contribution in [0.15, 0.2) is 48.5 Å². The molecule has 0 fully saturated rings. The van der Waals surface area contributed by atoms with Crippen molar-refractivity contribution in [2.45, 2.75) is 32.7 Å². The van der Waals surface area contributed by atoms with Crippen LogP contribution >= 0.6 is 12.4 Å². The number of hydrogen-bond donors (Lipinski definition) is 1. The zero-order chi connectivity index (χ0) is 18.2. The SMILES string of the molecule is CCN(C(=O)CCCN)C(C)c1ccc(-c2cccc(OC)c2)cc1.Cl. The molecule has 0 aromatic heterocycles. The Bertz CT molecular complexity index is 689. The molecular formula is C21H29ClN2O2. The van der Waals surface area contributed by atoms with E-state index in [9.17, 15) is 4.79 Å². The third-order valence-corrected chi connectivity index (χ3v) is 4.52. The second-order valence-electron chi connectivity index (χ2n) is 6.10. The smallest absolute Gasteiger partial charge is 0.223 e. The first-order valence-corrected chi connectivity index (χ1v) is 8.84. The van der Waals surface area contributed by atoms with E-state index in [4.69, 9.17) is 10.5 Å². The van der Waals surface area contributed by atoms with Gasteiger partial charge >= 0.3 is 0 Å². The number of methoxy groups -OCH3 is 1. The van der Waals surface area contributed by atoms with Crippen LogP contribution in [0.2, 0.25) is 0 Å². The third-order valence-electron chi connectivity index (χ3n) is 4.52. The first-order chi connectivity index (χ1) is 12.1. The van der Waals surface area contributed by atoms with Crippen LogP contribution in [0.4, 0.5) is 0 Å². The first kappa shape index (κ1) is 22.0. The Balaban J connectivity index is 0.00000338. The fraction of sp³-hybridized carbons (Fsp3) is 0.381. The molecule has 2 N–H and O–H groups in total. The average molecular weight is 377 g/mol. The Labute approximate surface area is 162 Å². The van der Waals surface area contributed by atoms with Crippen molar-refractivity contribution in [3.63, 3.8) is 0 Å². The summed E-state index contributed by atoms with van der Waals surface area (Å²) in [5, 5.41) is 0. The summed E-state index contributed by atoms with van der Waals surface area (Å²) in [6, 6.07) is 16.4. The molecule has 142 valence electrons. The van der Waals surface area contributed by atoms with Gasteiger partial charge in [0.1, 0.15) is 5.75 Å². The lowest BCUT2D eigenvalue weighted by Crippen LogP contribution is -2.33. The van der Waals surface area contributed by atoms with Crippen molar-refractivity contribution in [2.24, 2.45) is 5.73 Å². The van der Waals surface area contributed by atoms with Gasteiger partial charge in [0.05, 0.1) is 13.2 Å². The quantitative estimate of drug-likeness (QED) is 0.741. The zero-order valence-electron chi connectivity index (χ0n) is 15.8. The van der Waals surface area contributed by atoms with Gasteiger partial charge in [-0.3, -0.25) is 4.79 Å². The van der Waals surface area contributed by atoms with Gasteiger partial charge in [0.2, 0.25) is 5.91 Å². The number of hydrogen-bond acceptors (Lipinski definition) is 3. The van der Waals surface area contributed by atoms with E-state index in [0.717, 1.165) is 28.9 Å². The van der Waals surface area contributed by atoms with Gasteiger partial charge in [-0.1, -0.05) is 36.4 Å². The summed E-state index contributed by atoms with van der Waals surface area (Å²) < 4.78 is 5.29. The highest BCUT2D eigenvalue weighted by molar-refractivity contribution is 5.85. The van der Waals surface area contributed by atoms with E-state index in [-0.39, 0.29) is 24.4 Å². The number of ether oxygens (including phenoxy) is 1.